The smallest absolute Gasteiger partial charge is 0.170 e. The number of methoxy groups -OCH3 is 1. The molecule has 1 aromatic carbocycles. The molecule has 0 radical (unpaired) electrons. The number of nitrogens with two attached hydrogens (primary N) is 1. The third-order valence-corrected chi connectivity index (χ3v) is 3.10. The van der Waals surface area contributed by atoms with Crippen LogP contribution in [-0.2, 0) is 6.42 Å². The number of aryl methyl sites for hydroxylation is 1. The Kier molecular flexibility index (Phi) is 4.19. The lowest BCUT2D eigenvalue weighted by Gasteiger charge is -2.18. The summed E-state index contributed by atoms with van der Waals surface area (Å²) in [6.07, 6.45) is 2.29. The van der Waals surface area contributed by atoms with Crippen molar-refractivity contribution >= 4 is 0 Å². The highest BCUT2D eigenvalue weighted by atomic mass is 19.1. The molecule has 2 rings (SSSR count). The van der Waals surface area contributed by atoms with E-state index in [1.807, 2.05) is 6.92 Å². The number of ether oxygens (including phenoxy) is 1. The van der Waals surface area contributed by atoms with Gasteiger partial charge in [-0.3, -0.25) is 5.84 Å². The summed E-state index contributed by atoms with van der Waals surface area (Å²) in [5.74, 6) is 6.14. The van der Waals surface area contributed by atoms with E-state index >= 15 is 0 Å². The molecule has 5 heteroatoms. The van der Waals surface area contributed by atoms with Gasteiger partial charge in [-0.2, -0.15) is 0 Å². The monoisotopic (exact) mass is 264 g/mol. The maximum Gasteiger partial charge on any atom is 0.170 e. The average Bonchev–Trinajstić information content (AvgIpc) is 2.90. The molecule has 0 aliphatic carbocycles. The third kappa shape index (κ3) is 2.47. The molecule has 0 spiro atoms. The fourth-order valence-electron chi connectivity index (χ4n) is 2.15. The van der Waals surface area contributed by atoms with Gasteiger partial charge < -0.3 is 9.15 Å². The van der Waals surface area contributed by atoms with E-state index in [-0.39, 0.29) is 5.75 Å². The molecule has 1 atom stereocenters. The Hall–Kier alpha value is -1.85. The van der Waals surface area contributed by atoms with Crippen LogP contribution in [0.15, 0.2) is 34.9 Å². The van der Waals surface area contributed by atoms with Gasteiger partial charge in [-0.25, -0.2) is 9.82 Å². The first-order valence-corrected chi connectivity index (χ1v) is 6.07. The van der Waals surface area contributed by atoms with Gasteiger partial charge in [-0.15, -0.1) is 0 Å². The molecule has 1 aromatic heterocycles. The van der Waals surface area contributed by atoms with Crippen molar-refractivity contribution in [3.63, 3.8) is 0 Å². The number of rotatable bonds is 5. The normalized spacial score (nSPS) is 12.4. The summed E-state index contributed by atoms with van der Waals surface area (Å²) < 4.78 is 24.6. The van der Waals surface area contributed by atoms with Gasteiger partial charge in [0.05, 0.1) is 19.4 Å². The molecule has 0 amide bonds. The second-order valence-electron chi connectivity index (χ2n) is 4.12. The van der Waals surface area contributed by atoms with Crippen molar-refractivity contribution in [1.82, 2.24) is 5.43 Å². The largest absolute Gasteiger partial charge is 0.494 e. The van der Waals surface area contributed by atoms with Crippen LogP contribution in [0.1, 0.15) is 29.9 Å². The second-order valence-corrected chi connectivity index (χ2v) is 4.12. The topological polar surface area (TPSA) is 60.4 Å². The first-order valence-electron chi connectivity index (χ1n) is 6.07. The number of furan rings is 1. The van der Waals surface area contributed by atoms with Crippen molar-refractivity contribution in [3.8, 4) is 5.75 Å². The minimum atomic E-state index is -0.469. The number of hydrogen-bond acceptors (Lipinski definition) is 4. The van der Waals surface area contributed by atoms with E-state index in [4.69, 9.17) is 15.0 Å². The summed E-state index contributed by atoms with van der Waals surface area (Å²) in [5.41, 5.74) is 3.89. The van der Waals surface area contributed by atoms with Gasteiger partial charge in [0.1, 0.15) is 5.76 Å². The van der Waals surface area contributed by atoms with Gasteiger partial charge in [0, 0.05) is 17.5 Å². The molecule has 0 saturated heterocycles. The lowest BCUT2D eigenvalue weighted by atomic mass is 9.98. The molecule has 1 unspecified atom stereocenters. The maximum atomic E-state index is 14.3. The standard InChI is InChI=1S/C14H17FN2O2/c1-3-11-9(7-8-19-11)14(17-16)10-5-4-6-12(18-2)13(10)15/h4-8,14,17H,3,16H2,1-2H3. The van der Waals surface area contributed by atoms with E-state index in [9.17, 15) is 4.39 Å². The fraction of sp³-hybridized carbons (Fsp3) is 0.286. The molecule has 0 fully saturated rings. The third-order valence-electron chi connectivity index (χ3n) is 3.10. The van der Waals surface area contributed by atoms with Crippen molar-refractivity contribution in [2.75, 3.05) is 7.11 Å². The highest BCUT2D eigenvalue weighted by Crippen LogP contribution is 2.31. The Balaban J connectivity index is 2.48. The van der Waals surface area contributed by atoms with E-state index in [0.717, 1.165) is 11.3 Å². The number of hydrogen-bond donors (Lipinski definition) is 2. The summed E-state index contributed by atoms with van der Waals surface area (Å²) in [6.45, 7) is 1.97. The molecule has 0 aliphatic rings. The van der Waals surface area contributed by atoms with Crippen molar-refractivity contribution in [2.45, 2.75) is 19.4 Å². The molecule has 1 heterocycles. The van der Waals surface area contributed by atoms with Gasteiger partial charge in [0.15, 0.2) is 11.6 Å². The Labute approximate surface area is 111 Å². The molecular weight excluding hydrogens is 247 g/mol. The second kappa shape index (κ2) is 5.86. The zero-order valence-corrected chi connectivity index (χ0v) is 10.9. The lowest BCUT2D eigenvalue weighted by Crippen LogP contribution is -2.30. The van der Waals surface area contributed by atoms with Gasteiger partial charge in [-0.05, 0) is 12.1 Å². The first-order chi connectivity index (χ1) is 9.22. The Morgan fingerprint density at radius 3 is 2.79 bits per heavy atom. The number of nitrogens with one attached hydrogen (secondary N) is 1. The number of halogens is 1. The zero-order valence-electron chi connectivity index (χ0n) is 10.9. The molecule has 19 heavy (non-hydrogen) atoms. The lowest BCUT2D eigenvalue weighted by molar-refractivity contribution is 0.381. The van der Waals surface area contributed by atoms with Crippen molar-refractivity contribution in [1.29, 1.82) is 0 Å². The fourth-order valence-corrected chi connectivity index (χ4v) is 2.15. The van der Waals surface area contributed by atoms with E-state index in [1.54, 1.807) is 30.5 Å². The molecule has 102 valence electrons. The van der Waals surface area contributed by atoms with Crippen LogP contribution < -0.4 is 16.0 Å². The summed E-state index contributed by atoms with van der Waals surface area (Å²) in [7, 11) is 1.43. The minimum absolute atomic E-state index is 0.194. The Morgan fingerprint density at radius 2 is 2.16 bits per heavy atom. The van der Waals surface area contributed by atoms with E-state index in [2.05, 4.69) is 5.43 Å². The van der Waals surface area contributed by atoms with Crippen LogP contribution in [0.5, 0.6) is 5.75 Å². The molecule has 0 aliphatic heterocycles. The van der Waals surface area contributed by atoms with Crippen LogP contribution in [0.3, 0.4) is 0 Å². The molecule has 0 bridgehead atoms. The quantitative estimate of drug-likeness (QED) is 0.643. The van der Waals surface area contributed by atoms with Crippen LogP contribution in [0.25, 0.3) is 0 Å². The summed E-state index contributed by atoms with van der Waals surface area (Å²) in [6, 6.07) is 6.30. The van der Waals surface area contributed by atoms with Crippen molar-refractivity contribution in [3.05, 3.63) is 53.2 Å². The molecule has 0 saturated carbocycles. The molecular formula is C14H17FN2O2. The van der Waals surface area contributed by atoms with Crippen LogP contribution in [0.4, 0.5) is 4.39 Å². The van der Waals surface area contributed by atoms with Gasteiger partial charge >= 0.3 is 0 Å². The van der Waals surface area contributed by atoms with Gasteiger partial charge in [0.25, 0.3) is 0 Å². The highest BCUT2D eigenvalue weighted by Gasteiger charge is 2.22. The minimum Gasteiger partial charge on any atom is -0.494 e. The summed E-state index contributed by atoms with van der Waals surface area (Å²) in [4.78, 5) is 0. The van der Waals surface area contributed by atoms with Crippen LogP contribution in [0.2, 0.25) is 0 Å². The number of hydrazine groups is 1. The first kappa shape index (κ1) is 13.6. The molecule has 4 nitrogen and oxygen atoms in total. The van der Waals surface area contributed by atoms with E-state index in [0.29, 0.717) is 12.0 Å². The van der Waals surface area contributed by atoms with Crippen LogP contribution >= 0.6 is 0 Å². The summed E-state index contributed by atoms with van der Waals surface area (Å²) in [5, 5.41) is 0. The van der Waals surface area contributed by atoms with E-state index in [1.165, 1.54) is 7.11 Å². The van der Waals surface area contributed by atoms with Gasteiger partial charge in [-0.1, -0.05) is 19.1 Å². The predicted molar refractivity (Wildman–Crippen MR) is 70.2 cm³/mol. The number of benzene rings is 1. The van der Waals surface area contributed by atoms with Crippen molar-refractivity contribution < 1.29 is 13.5 Å². The van der Waals surface area contributed by atoms with E-state index < -0.39 is 11.9 Å². The van der Waals surface area contributed by atoms with Crippen LogP contribution in [-0.4, -0.2) is 7.11 Å². The Bertz CT molecular complexity index is 554. The highest BCUT2D eigenvalue weighted by molar-refractivity contribution is 5.39. The van der Waals surface area contributed by atoms with Crippen LogP contribution in [0, 0.1) is 5.82 Å². The maximum absolute atomic E-state index is 14.3. The Morgan fingerprint density at radius 1 is 1.37 bits per heavy atom. The molecule has 2 aromatic rings. The predicted octanol–water partition coefficient (Wildman–Crippen LogP) is 2.54. The van der Waals surface area contributed by atoms with Crippen molar-refractivity contribution in [2.24, 2.45) is 5.84 Å². The summed E-state index contributed by atoms with van der Waals surface area (Å²) >= 11 is 0. The zero-order chi connectivity index (χ0) is 13.8. The van der Waals surface area contributed by atoms with Gasteiger partial charge in [0.2, 0.25) is 0 Å². The molecule has 3 N–H and O–H groups in total. The SMILES string of the molecule is CCc1occc1C(NN)c1cccc(OC)c1F. The average molecular weight is 264 g/mol.